The van der Waals surface area contributed by atoms with E-state index in [1.807, 2.05) is 0 Å². The maximum Gasteiger partial charge on any atom is 0.339 e. The summed E-state index contributed by atoms with van der Waals surface area (Å²) in [6, 6.07) is 8.10. The third-order valence-electron chi connectivity index (χ3n) is 3.84. The van der Waals surface area contributed by atoms with Gasteiger partial charge in [0.25, 0.3) is 5.91 Å². The Balaban J connectivity index is 2.12. The SMILES string of the molecule is CCOc1c(Cl)cc(C(=O)OC(C)C(=O)Nc2cccc(S(N)(=O)=O)c2)cc1OC. The lowest BCUT2D eigenvalue weighted by molar-refractivity contribution is -0.123. The number of halogens is 1. The first-order chi connectivity index (χ1) is 14.1. The number of sulfonamides is 1. The predicted molar refractivity (Wildman–Crippen MR) is 110 cm³/mol. The average molecular weight is 457 g/mol. The highest BCUT2D eigenvalue weighted by molar-refractivity contribution is 7.89. The zero-order valence-corrected chi connectivity index (χ0v) is 18.0. The zero-order valence-electron chi connectivity index (χ0n) is 16.5. The number of anilines is 1. The first kappa shape index (κ1) is 23.5. The number of nitrogens with two attached hydrogens (primary N) is 1. The Morgan fingerprint density at radius 2 is 1.93 bits per heavy atom. The van der Waals surface area contributed by atoms with Crippen LogP contribution >= 0.6 is 11.6 Å². The van der Waals surface area contributed by atoms with Gasteiger partial charge in [0.15, 0.2) is 17.6 Å². The summed E-state index contributed by atoms with van der Waals surface area (Å²) in [5, 5.41) is 7.69. The van der Waals surface area contributed by atoms with Crippen molar-refractivity contribution < 1.29 is 32.2 Å². The van der Waals surface area contributed by atoms with Gasteiger partial charge in [-0.2, -0.15) is 0 Å². The Morgan fingerprint density at radius 3 is 2.53 bits per heavy atom. The molecule has 0 heterocycles. The number of ether oxygens (including phenoxy) is 3. The lowest BCUT2D eigenvalue weighted by atomic mass is 10.2. The molecule has 11 heteroatoms. The topological polar surface area (TPSA) is 134 Å². The third kappa shape index (κ3) is 5.85. The molecule has 1 unspecified atom stereocenters. The second-order valence-electron chi connectivity index (χ2n) is 6.03. The number of primary sulfonamides is 1. The molecule has 0 aliphatic rings. The Labute approximate surface area is 179 Å². The maximum atomic E-state index is 12.4. The monoisotopic (exact) mass is 456 g/mol. The highest BCUT2D eigenvalue weighted by Gasteiger charge is 2.22. The normalized spacial score (nSPS) is 12.0. The molecule has 0 aliphatic carbocycles. The van der Waals surface area contributed by atoms with Gasteiger partial charge in [0.1, 0.15) is 0 Å². The Bertz CT molecular complexity index is 1060. The number of rotatable bonds is 8. The van der Waals surface area contributed by atoms with Crippen LogP contribution < -0.4 is 19.9 Å². The molecule has 1 amide bonds. The molecule has 30 heavy (non-hydrogen) atoms. The summed E-state index contributed by atoms with van der Waals surface area (Å²) >= 11 is 6.14. The summed E-state index contributed by atoms with van der Waals surface area (Å²) < 4.78 is 38.6. The molecular weight excluding hydrogens is 436 g/mol. The van der Waals surface area contributed by atoms with Gasteiger partial charge < -0.3 is 19.5 Å². The Hall–Kier alpha value is -2.82. The second kappa shape index (κ2) is 9.79. The summed E-state index contributed by atoms with van der Waals surface area (Å²) in [6.45, 7) is 3.49. The molecule has 0 spiro atoms. The van der Waals surface area contributed by atoms with E-state index in [1.54, 1.807) is 6.92 Å². The molecule has 162 valence electrons. The van der Waals surface area contributed by atoms with E-state index in [-0.39, 0.29) is 26.9 Å². The van der Waals surface area contributed by atoms with Crippen molar-refractivity contribution in [1.29, 1.82) is 0 Å². The van der Waals surface area contributed by atoms with Gasteiger partial charge in [-0.1, -0.05) is 17.7 Å². The number of esters is 1. The molecule has 0 aliphatic heterocycles. The maximum absolute atomic E-state index is 12.4. The lowest BCUT2D eigenvalue weighted by Gasteiger charge is -2.16. The van der Waals surface area contributed by atoms with Crippen LogP contribution in [-0.4, -0.2) is 40.1 Å². The first-order valence-electron chi connectivity index (χ1n) is 8.71. The van der Waals surface area contributed by atoms with Crippen molar-refractivity contribution in [3.63, 3.8) is 0 Å². The van der Waals surface area contributed by atoms with Crippen molar-refractivity contribution in [1.82, 2.24) is 0 Å². The fraction of sp³-hybridized carbons (Fsp3) is 0.263. The molecule has 0 fully saturated rings. The highest BCUT2D eigenvalue weighted by Crippen LogP contribution is 2.36. The summed E-state index contributed by atoms with van der Waals surface area (Å²) in [6.07, 6.45) is -1.19. The van der Waals surface area contributed by atoms with Gasteiger partial charge in [0, 0.05) is 5.69 Å². The molecule has 1 atom stereocenters. The number of carbonyl (C=O) groups excluding carboxylic acids is 2. The van der Waals surface area contributed by atoms with Crippen molar-refractivity contribution >= 4 is 39.2 Å². The van der Waals surface area contributed by atoms with E-state index < -0.39 is 28.0 Å². The first-order valence-corrected chi connectivity index (χ1v) is 10.6. The minimum absolute atomic E-state index is 0.0659. The number of hydrogen-bond donors (Lipinski definition) is 2. The molecule has 2 aromatic rings. The molecule has 2 rings (SSSR count). The molecule has 3 N–H and O–H groups in total. The standard InChI is InChI=1S/C19H21ClN2O7S/c1-4-28-17-15(20)8-12(9-16(17)27-3)19(24)29-11(2)18(23)22-13-6-5-7-14(10-13)30(21,25)26/h5-11H,4H2,1-3H3,(H,22,23)(H2,21,25,26). The predicted octanol–water partition coefficient (Wildman–Crippen LogP) is 2.58. The summed E-state index contributed by atoms with van der Waals surface area (Å²) in [5.41, 5.74) is 0.247. The van der Waals surface area contributed by atoms with Gasteiger partial charge in [0.2, 0.25) is 10.0 Å². The van der Waals surface area contributed by atoms with Crippen LogP contribution in [0.3, 0.4) is 0 Å². The van der Waals surface area contributed by atoms with Gasteiger partial charge in [-0.15, -0.1) is 0 Å². The molecule has 0 saturated carbocycles. The molecule has 9 nitrogen and oxygen atoms in total. The van der Waals surface area contributed by atoms with Crippen LogP contribution in [0, 0.1) is 0 Å². The Morgan fingerprint density at radius 1 is 1.23 bits per heavy atom. The lowest BCUT2D eigenvalue weighted by Crippen LogP contribution is -2.30. The van der Waals surface area contributed by atoms with Gasteiger partial charge in [0.05, 0.1) is 29.2 Å². The zero-order chi connectivity index (χ0) is 22.5. The quantitative estimate of drug-likeness (QED) is 0.583. The van der Waals surface area contributed by atoms with E-state index in [4.69, 9.17) is 31.0 Å². The molecule has 0 saturated heterocycles. The second-order valence-corrected chi connectivity index (χ2v) is 8.00. The van der Waals surface area contributed by atoms with Gasteiger partial charge >= 0.3 is 5.97 Å². The van der Waals surface area contributed by atoms with E-state index in [1.165, 1.54) is 50.4 Å². The van der Waals surface area contributed by atoms with E-state index in [0.29, 0.717) is 12.4 Å². The number of benzene rings is 2. The van der Waals surface area contributed by atoms with Crippen LogP contribution in [0.5, 0.6) is 11.5 Å². The summed E-state index contributed by atoms with van der Waals surface area (Å²) in [4.78, 5) is 24.6. The smallest absolute Gasteiger partial charge is 0.339 e. The minimum atomic E-state index is -3.93. The fourth-order valence-corrected chi connectivity index (χ4v) is 3.22. The van der Waals surface area contributed by atoms with Gasteiger partial charge in [-0.25, -0.2) is 18.4 Å². The van der Waals surface area contributed by atoms with Crippen molar-refractivity contribution in [2.24, 2.45) is 5.14 Å². The van der Waals surface area contributed by atoms with E-state index in [0.717, 1.165) is 0 Å². The van der Waals surface area contributed by atoms with Crippen LogP contribution in [0.2, 0.25) is 5.02 Å². The molecule has 0 bridgehead atoms. The van der Waals surface area contributed by atoms with Crippen LogP contribution in [0.1, 0.15) is 24.2 Å². The number of nitrogens with one attached hydrogen (secondary N) is 1. The number of methoxy groups -OCH3 is 1. The molecular formula is C19H21ClN2O7S. The summed E-state index contributed by atoms with van der Waals surface area (Å²) in [7, 11) is -2.53. The third-order valence-corrected chi connectivity index (χ3v) is 5.03. The molecule has 2 aromatic carbocycles. The van der Waals surface area contributed by atoms with E-state index in [2.05, 4.69) is 5.32 Å². The van der Waals surface area contributed by atoms with Crippen molar-refractivity contribution in [3.8, 4) is 11.5 Å². The van der Waals surface area contributed by atoms with Gasteiger partial charge in [-0.3, -0.25) is 4.79 Å². The number of carbonyl (C=O) groups is 2. The van der Waals surface area contributed by atoms with Crippen molar-refractivity contribution in [2.75, 3.05) is 19.0 Å². The van der Waals surface area contributed by atoms with Crippen LogP contribution in [0.4, 0.5) is 5.69 Å². The molecule has 0 radical (unpaired) electrons. The molecule has 0 aromatic heterocycles. The van der Waals surface area contributed by atoms with E-state index >= 15 is 0 Å². The fourth-order valence-electron chi connectivity index (χ4n) is 2.40. The largest absolute Gasteiger partial charge is 0.493 e. The van der Waals surface area contributed by atoms with Crippen LogP contribution in [0.15, 0.2) is 41.3 Å². The number of amides is 1. The highest BCUT2D eigenvalue weighted by atomic mass is 35.5. The average Bonchev–Trinajstić information content (AvgIpc) is 2.68. The van der Waals surface area contributed by atoms with Crippen molar-refractivity contribution in [2.45, 2.75) is 24.8 Å². The summed E-state index contributed by atoms with van der Waals surface area (Å²) in [5.74, 6) is -0.940. The Kier molecular flexibility index (Phi) is 7.65. The van der Waals surface area contributed by atoms with Crippen LogP contribution in [0.25, 0.3) is 0 Å². The minimum Gasteiger partial charge on any atom is -0.493 e. The number of hydrogen-bond acceptors (Lipinski definition) is 7. The van der Waals surface area contributed by atoms with E-state index in [9.17, 15) is 18.0 Å². The van der Waals surface area contributed by atoms with Gasteiger partial charge in [-0.05, 0) is 44.2 Å². The van der Waals surface area contributed by atoms with Crippen molar-refractivity contribution in [3.05, 3.63) is 47.0 Å². The van der Waals surface area contributed by atoms with Crippen LogP contribution in [-0.2, 0) is 19.6 Å².